The molecular formula is C9H7ClN4O2S. The van der Waals surface area contributed by atoms with Crippen molar-refractivity contribution in [3.8, 4) is 0 Å². The zero-order valence-corrected chi connectivity index (χ0v) is 10.2. The summed E-state index contributed by atoms with van der Waals surface area (Å²) in [7, 11) is 0. The van der Waals surface area contributed by atoms with E-state index >= 15 is 0 Å². The largest absolute Gasteiger partial charge is 0.478 e. The Morgan fingerprint density at radius 2 is 2.35 bits per heavy atom. The molecule has 0 aliphatic rings. The maximum absolute atomic E-state index is 10.7. The molecule has 2 N–H and O–H groups in total. The topological polar surface area (TPSA) is 91.8 Å². The molecule has 2 heterocycles. The van der Waals surface area contributed by atoms with Crippen LogP contribution in [0, 0.1) is 6.92 Å². The molecular weight excluding hydrogens is 264 g/mol. The van der Waals surface area contributed by atoms with Crippen LogP contribution in [0.4, 0.5) is 0 Å². The van der Waals surface area contributed by atoms with Crippen LogP contribution >= 0.6 is 23.4 Å². The number of nitrogens with one attached hydrogen (secondary N) is 1. The minimum atomic E-state index is -1.07. The Kier molecular flexibility index (Phi) is 3.30. The number of aryl methyl sites for hydroxylation is 1. The lowest BCUT2D eigenvalue weighted by Gasteiger charge is -2.00. The Hall–Kier alpha value is -1.60. The van der Waals surface area contributed by atoms with Crippen LogP contribution in [-0.2, 0) is 0 Å². The normalized spacial score (nSPS) is 10.5. The molecule has 0 radical (unpaired) electrons. The first-order valence-electron chi connectivity index (χ1n) is 4.52. The van der Waals surface area contributed by atoms with Crippen LogP contribution < -0.4 is 0 Å². The Labute approximate surface area is 105 Å². The van der Waals surface area contributed by atoms with E-state index in [4.69, 9.17) is 16.7 Å². The van der Waals surface area contributed by atoms with Gasteiger partial charge in [0.2, 0.25) is 5.16 Å². The molecule has 0 aliphatic heterocycles. The molecule has 2 rings (SSSR count). The second-order valence-electron chi connectivity index (χ2n) is 3.12. The van der Waals surface area contributed by atoms with Gasteiger partial charge in [-0.3, -0.25) is 5.10 Å². The number of nitrogens with zero attached hydrogens (tertiary/aromatic N) is 3. The van der Waals surface area contributed by atoms with Crippen molar-refractivity contribution >= 4 is 29.3 Å². The van der Waals surface area contributed by atoms with E-state index in [1.165, 1.54) is 24.0 Å². The summed E-state index contributed by atoms with van der Waals surface area (Å²) in [6, 6.07) is 1.35. The molecule has 17 heavy (non-hydrogen) atoms. The molecule has 2 aromatic heterocycles. The number of rotatable bonds is 3. The first-order chi connectivity index (χ1) is 8.06. The fraction of sp³-hybridized carbons (Fsp3) is 0.111. The molecule has 0 atom stereocenters. The lowest BCUT2D eigenvalue weighted by atomic mass is 10.3. The van der Waals surface area contributed by atoms with Crippen LogP contribution in [0.2, 0.25) is 5.02 Å². The second kappa shape index (κ2) is 4.72. The number of H-pyrrole nitrogens is 1. The Morgan fingerprint density at radius 1 is 1.59 bits per heavy atom. The van der Waals surface area contributed by atoms with Crippen LogP contribution in [0.3, 0.4) is 0 Å². The van der Waals surface area contributed by atoms with Gasteiger partial charge in [0.05, 0.1) is 10.6 Å². The van der Waals surface area contributed by atoms with Gasteiger partial charge in [-0.2, -0.15) is 0 Å². The van der Waals surface area contributed by atoms with E-state index < -0.39 is 5.97 Å². The van der Waals surface area contributed by atoms with E-state index in [0.717, 1.165) is 0 Å². The summed E-state index contributed by atoms with van der Waals surface area (Å²) in [6.07, 6.45) is 1.25. The number of carboxylic acid groups (broad SMARTS) is 1. The molecule has 0 amide bonds. The molecule has 0 bridgehead atoms. The van der Waals surface area contributed by atoms with Gasteiger partial charge in [0, 0.05) is 6.20 Å². The molecule has 0 fully saturated rings. The summed E-state index contributed by atoms with van der Waals surface area (Å²) >= 11 is 7.08. The lowest BCUT2D eigenvalue weighted by Crippen LogP contribution is -1.97. The Bertz CT molecular complexity index is 572. The number of carbonyl (C=O) groups is 1. The average molecular weight is 271 g/mol. The first kappa shape index (κ1) is 11.9. The Morgan fingerprint density at radius 3 is 2.88 bits per heavy atom. The predicted octanol–water partition coefficient (Wildman–Crippen LogP) is 2.01. The van der Waals surface area contributed by atoms with Gasteiger partial charge in [0.25, 0.3) is 0 Å². The van der Waals surface area contributed by atoms with Gasteiger partial charge >= 0.3 is 5.97 Å². The standard InChI is InChI=1S/C9H7ClN4O2S/c1-4-12-9(14-13-4)17-7-6(10)2-5(3-11-7)8(15)16/h2-3H,1H3,(H,15,16)(H,12,13,14). The SMILES string of the molecule is Cc1nc(Sc2ncc(C(=O)O)cc2Cl)n[nH]1. The zero-order valence-electron chi connectivity index (χ0n) is 8.64. The minimum Gasteiger partial charge on any atom is -0.478 e. The van der Waals surface area contributed by atoms with E-state index in [9.17, 15) is 4.79 Å². The summed E-state index contributed by atoms with van der Waals surface area (Å²) in [5.41, 5.74) is 0.0468. The van der Waals surface area contributed by atoms with E-state index in [1.807, 2.05) is 0 Å². The third-order valence-corrected chi connectivity index (χ3v) is 3.10. The van der Waals surface area contributed by atoms with E-state index in [1.54, 1.807) is 6.92 Å². The Balaban J connectivity index is 2.25. The van der Waals surface area contributed by atoms with Gasteiger partial charge in [0.1, 0.15) is 10.9 Å². The molecule has 8 heteroatoms. The molecule has 0 aromatic carbocycles. The first-order valence-corrected chi connectivity index (χ1v) is 5.71. The highest BCUT2D eigenvalue weighted by atomic mass is 35.5. The van der Waals surface area contributed by atoms with Crippen molar-refractivity contribution in [1.29, 1.82) is 0 Å². The molecule has 0 saturated heterocycles. The summed E-state index contributed by atoms with van der Waals surface area (Å²) in [6.45, 7) is 1.78. The highest BCUT2D eigenvalue weighted by Crippen LogP contribution is 2.29. The molecule has 2 aromatic rings. The van der Waals surface area contributed by atoms with Gasteiger partial charge < -0.3 is 5.11 Å². The number of hydrogen-bond acceptors (Lipinski definition) is 5. The lowest BCUT2D eigenvalue weighted by molar-refractivity contribution is 0.0696. The van der Waals surface area contributed by atoms with Crippen molar-refractivity contribution in [3.05, 3.63) is 28.7 Å². The molecule has 0 aliphatic carbocycles. The average Bonchev–Trinajstić information content (AvgIpc) is 2.67. The van der Waals surface area contributed by atoms with Gasteiger partial charge in [0.15, 0.2) is 0 Å². The minimum absolute atomic E-state index is 0.0468. The number of aromatic nitrogens is 4. The van der Waals surface area contributed by atoms with Gasteiger partial charge in [-0.25, -0.2) is 14.8 Å². The molecule has 88 valence electrons. The second-order valence-corrected chi connectivity index (χ2v) is 4.48. The van der Waals surface area contributed by atoms with Crippen LogP contribution in [0.5, 0.6) is 0 Å². The van der Waals surface area contributed by atoms with Gasteiger partial charge in [-0.1, -0.05) is 11.6 Å². The third kappa shape index (κ3) is 2.75. The maximum Gasteiger partial charge on any atom is 0.337 e. The van der Waals surface area contributed by atoms with Crippen molar-refractivity contribution in [2.45, 2.75) is 17.1 Å². The highest BCUT2D eigenvalue weighted by molar-refractivity contribution is 7.99. The van der Waals surface area contributed by atoms with Crippen molar-refractivity contribution in [2.24, 2.45) is 0 Å². The maximum atomic E-state index is 10.7. The smallest absolute Gasteiger partial charge is 0.337 e. The number of aromatic carboxylic acids is 1. The molecule has 0 unspecified atom stereocenters. The number of halogens is 1. The highest BCUT2D eigenvalue weighted by Gasteiger charge is 2.11. The van der Waals surface area contributed by atoms with Crippen LogP contribution in [0.25, 0.3) is 0 Å². The van der Waals surface area contributed by atoms with Crippen LogP contribution in [-0.4, -0.2) is 31.2 Å². The van der Waals surface area contributed by atoms with Crippen molar-refractivity contribution < 1.29 is 9.90 Å². The fourth-order valence-corrected chi connectivity index (χ4v) is 2.06. The number of pyridine rings is 1. The van der Waals surface area contributed by atoms with E-state index in [-0.39, 0.29) is 10.6 Å². The van der Waals surface area contributed by atoms with E-state index in [2.05, 4.69) is 20.2 Å². The van der Waals surface area contributed by atoms with E-state index in [0.29, 0.717) is 16.0 Å². The fourth-order valence-electron chi connectivity index (χ4n) is 1.07. The van der Waals surface area contributed by atoms with Crippen molar-refractivity contribution in [1.82, 2.24) is 20.2 Å². The summed E-state index contributed by atoms with van der Waals surface area (Å²) in [4.78, 5) is 18.7. The molecule has 0 saturated carbocycles. The quantitative estimate of drug-likeness (QED) is 0.886. The van der Waals surface area contributed by atoms with Crippen LogP contribution in [0.1, 0.15) is 16.2 Å². The predicted molar refractivity (Wildman–Crippen MR) is 61.4 cm³/mol. The van der Waals surface area contributed by atoms with Crippen molar-refractivity contribution in [3.63, 3.8) is 0 Å². The number of carboxylic acids is 1. The zero-order chi connectivity index (χ0) is 12.4. The third-order valence-electron chi connectivity index (χ3n) is 1.82. The van der Waals surface area contributed by atoms with Gasteiger partial charge in [-0.15, -0.1) is 5.10 Å². The van der Waals surface area contributed by atoms with Crippen molar-refractivity contribution in [2.75, 3.05) is 0 Å². The summed E-state index contributed by atoms with van der Waals surface area (Å²) in [5, 5.41) is 16.6. The number of aromatic amines is 1. The van der Waals surface area contributed by atoms with Gasteiger partial charge in [-0.05, 0) is 24.8 Å². The number of hydrogen-bond donors (Lipinski definition) is 2. The van der Waals surface area contributed by atoms with Crippen LogP contribution in [0.15, 0.2) is 22.4 Å². The summed E-state index contributed by atoms with van der Waals surface area (Å²) in [5.74, 6) is -0.379. The monoisotopic (exact) mass is 270 g/mol. The molecule has 0 spiro atoms. The summed E-state index contributed by atoms with van der Waals surface area (Å²) < 4.78 is 0. The molecule has 6 nitrogen and oxygen atoms in total.